The molecule has 0 radical (unpaired) electrons. The molecular weight excluding hydrogens is 467 g/mol. The Balaban J connectivity index is 0.00000280. The number of piperazine rings is 1. The standard InChI is InChI=1S/C20H34N6O.HI/c1-3-21-20(23-10-11-24(16-17-27-2)18-7-8-18)26-14-12-25(13-15-26)19-6-4-5-9-22-19;/h4-6,9,18H,3,7-8,10-17H2,1-2H3,(H,21,23);1H. The van der Waals surface area contributed by atoms with E-state index in [1.54, 1.807) is 7.11 Å². The van der Waals surface area contributed by atoms with Crippen LogP contribution in [0, 0.1) is 0 Å². The molecule has 2 heterocycles. The zero-order valence-corrected chi connectivity index (χ0v) is 19.5. The van der Waals surface area contributed by atoms with Crippen LogP contribution in [0.2, 0.25) is 0 Å². The zero-order chi connectivity index (χ0) is 18.9. The van der Waals surface area contributed by atoms with Crippen LogP contribution in [-0.2, 0) is 4.74 Å². The van der Waals surface area contributed by atoms with Crippen LogP contribution in [0.4, 0.5) is 5.82 Å². The lowest BCUT2D eigenvalue weighted by atomic mass is 10.3. The molecule has 1 saturated heterocycles. The maximum Gasteiger partial charge on any atom is 0.194 e. The van der Waals surface area contributed by atoms with E-state index in [-0.39, 0.29) is 24.0 Å². The van der Waals surface area contributed by atoms with E-state index in [0.717, 1.165) is 76.8 Å². The molecule has 2 aliphatic rings. The molecule has 1 saturated carbocycles. The van der Waals surface area contributed by atoms with Crippen molar-refractivity contribution in [2.45, 2.75) is 25.8 Å². The summed E-state index contributed by atoms with van der Waals surface area (Å²) in [6.45, 7) is 10.6. The number of halogens is 1. The molecule has 28 heavy (non-hydrogen) atoms. The number of pyridine rings is 1. The van der Waals surface area contributed by atoms with Crippen molar-refractivity contribution in [3.63, 3.8) is 0 Å². The summed E-state index contributed by atoms with van der Waals surface area (Å²) < 4.78 is 5.25. The molecule has 7 nitrogen and oxygen atoms in total. The van der Waals surface area contributed by atoms with E-state index >= 15 is 0 Å². The first kappa shape index (κ1) is 23.2. The van der Waals surface area contributed by atoms with E-state index in [9.17, 15) is 0 Å². The van der Waals surface area contributed by atoms with Crippen LogP contribution < -0.4 is 10.2 Å². The van der Waals surface area contributed by atoms with Gasteiger partial charge in [-0.1, -0.05) is 6.07 Å². The predicted octanol–water partition coefficient (Wildman–Crippen LogP) is 1.90. The van der Waals surface area contributed by atoms with Gasteiger partial charge in [-0.2, -0.15) is 0 Å². The first-order valence-electron chi connectivity index (χ1n) is 10.2. The van der Waals surface area contributed by atoms with Crippen molar-refractivity contribution in [3.05, 3.63) is 24.4 Å². The lowest BCUT2D eigenvalue weighted by molar-refractivity contribution is 0.145. The number of rotatable bonds is 9. The zero-order valence-electron chi connectivity index (χ0n) is 17.2. The largest absolute Gasteiger partial charge is 0.383 e. The molecule has 0 unspecified atom stereocenters. The number of aromatic nitrogens is 1. The van der Waals surface area contributed by atoms with Crippen LogP contribution in [0.15, 0.2) is 29.4 Å². The summed E-state index contributed by atoms with van der Waals surface area (Å²) >= 11 is 0. The van der Waals surface area contributed by atoms with Gasteiger partial charge >= 0.3 is 0 Å². The molecule has 1 aliphatic heterocycles. The van der Waals surface area contributed by atoms with Crippen molar-refractivity contribution < 1.29 is 4.74 Å². The SMILES string of the molecule is CCNC(=NCCN(CCOC)C1CC1)N1CCN(c2ccccn2)CC1.I. The minimum absolute atomic E-state index is 0. The van der Waals surface area contributed by atoms with E-state index in [0.29, 0.717) is 0 Å². The molecule has 0 atom stereocenters. The molecule has 1 aromatic rings. The maximum atomic E-state index is 5.25. The smallest absolute Gasteiger partial charge is 0.194 e. The van der Waals surface area contributed by atoms with Gasteiger partial charge in [0.2, 0.25) is 0 Å². The van der Waals surface area contributed by atoms with Gasteiger partial charge in [-0.15, -0.1) is 24.0 Å². The van der Waals surface area contributed by atoms with Crippen LogP contribution in [-0.4, -0.2) is 92.9 Å². The predicted molar refractivity (Wildman–Crippen MR) is 126 cm³/mol. The van der Waals surface area contributed by atoms with Crippen LogP contribution in [0.5, 0.6) is 0 Å². The van der Waals surface area contributed by atoms with Gasteiger partial charge < -0.3 is 19.9 Å². The van der Waals surface area contributed by atoms with Crippen LogP contribution in [0.3, 0.4) is 0 Å². The number of methoxy groups -OCH3 is 1. The number of nitrogens with one attached hydrogen (secondary N) is 1. The van der Waals surface area contributed by atoms with Crippen LogP contribution in [0.25, 0.3) is 0 Å². The molecule has 0 amide bonds. The highest BCUT2D eigenvalue weighted by atomic mass is 127. The number of ether oxygens (including phenoxy) is 1. The Morgan fingerprint density at radius 3 is 2.64 bits per heavy atom. The second kappa shape index (κ2) is 12.4. The lowest BCUT2D eigenvalue weighted by Crippen LogP contribution is -2.53. The summed E-state index contributed by atoms with van der Waals surface area (Å²) in [5.41, 5.74) is 0. The van der Waals surface area contributed by atoms with Gasteiger partial charge in [0.05, 0.1) is 13.2 Å². The van der Waals surface area contributed by atoms with E-state index in [1.807, 2.05) is 12.3 Å². The molecule has 1 aliphatic carbocycles. The molecule has 0 aromatic carbocycles. The summed E-state index contributed by atoms with van der Waals surface area (Å²) in [5.74, 6) is 2.11. The Labute approximate surface area is 186 Å². The minimum Gasteiger partial charge on any atom is -0.383 e. The van der Waals surface area contributed by atoms with Gasteiger partial charge in [0, 0.05) is 65.2 Å². The van der Waals surface area contributed by atoms with Gasteiger partial charge in [0.25, 0.3) is 0 Å². The first-order chi connectivity index (χ1) is 13.3. The Morgan fingerprint density at radius 1 is 1.25 bits per heavy atom. The fourth-order valence-corrected chi connectivity index (χ4v) is 3.52. The summed E-state index contributed by atoms with van der Waals surface area (Å²) in [6, 6.07) is 6.85. The highest BCUT2D eigenvalue weighted by Gasteiger charge is 2.28. The summed E-state index contributed by atoms with van der Waals surface area (Å²) in [6.07, 6.45) is 4.51. The van der Waals surface area contributed by atoms with Gasteiger partial charge in [-0.3, -0.25) is 9.89 Å². The van der Waals surface area contributed by atoms with Crippen LogP contribution in [0.1, 0.15) is 19.8 Å². The second-order valence-corrected chi connectivity index (χ2v) is 7.16. The van der Waals surface area contributed by atoms with Gasteiger partial charge in [0.1, 0.15) is 5.82 Å². The summed E-state index contributed by atoms with van der Waals surface area (Å²) in [7, 11) is 1.77. The molecule has 8 heteroatoms. The highest BCUT2D eigenvalue weighted by Crippen LogP contribution is 2.26. The minimum atomic E-state index is 0. The van der Waals surface area contributed by atoms with Crippen molar-refractivity contribution in [2.24, 2.45) is 4.99 Å². The van der Waals surface area contributed by atoms with E-state index in [2.05, 4.69) is 44.1 Å². The van der Waals surface area contributed by atoms with Crippen molar-refractivity contribution >= 4 is 35.8 Å². The highest BCUT2D eigenvalue weighted by molar-refractivity contribution is 14.0. The maximum absolute atomic E-state index is 5.25. The molecule has 2 fully saturated rings. The second-order valence-electron chi connectivity index (χ2n) is 7.16. The molecular formula is C20H35IN6O. The molecule has 0 bridgehead atoms. The quantitative estimate of drug-likeness (QED) is 0.317. The molecule has 158 valence electrons. The topological polar surface area (TPSA) is 56.2 Å². The molecule has 0 spiro atoms. The van der Waals surface area contributed by atoms with Gasteiger partial charge in [0.15, 0.2) is 5.96 Å². The first-order valence-corrected chi connectivity index (χ1v) is 10.2. The molecule has 1 N–H and O–H groups in total. The van der Waals surface area contributed by atoms with Gasteiger partial charge in [-0.25, -0.2) is 4.98 Å². The fraction of sp³-hybridized carbons (Fsp3) is 0.700. The molecule has 3 rings (SSSR count). The number of aliphatic imine (C=N–C) groups is 1. The Hall–Kier alpha value is -1.13. The summed E-state index contributed by atoms with van der Waals surface area (Å²) in [4.78, 5) is 16.6. The number of nitrogens with zero attached hydrogens (tertiary/aromatic N) is 5. The normalized spacial score (nSPS) is 17.6. The Morgan fingerprint density at radius 2 is 2.04 bits per heavy atom. The van der Waals surface area contributed by atoms with Crippen molar-refractivity contribution in [1.82, 2.24) is 20.1 Å². The Bertz CT molecular complexity index is 575. The van der Waals surface area contributed by atoms with Crippen molar-refractivity contribution in [2.75, 3.05) is 71.0 Å². The number of guanidine groups is 1. The average Bonchev–Trinajstić information content (AvgIpc) is 3.56. The summed E-state index contributed by atoms with van der Waals surface area (Å²) in [5, 5.41) is 3.47. The average molecular weight is 502 g/mol. The van der Waals surface area contributed by atoms with E-state index < -0.39 is 0 Å². The fourth-order valence-electron chi connectivity index (χ4n) is 3.52. The van der Waals surface area contributed by atoms with Gasteiger partial charge in [-0.05, 0) is 31.9 Å². The number of anilines is 1. The van der Waals surface area contributed by atoms with E-state index in [4.69, 9.17) is 9.73 Å². The van der Waals surface area contributed by atoms with E-state index in [1.165, 1.54) is 12.8 Å². The monoisotopic (exact) mass is 502 g/mol. The number of hydrogen-bond donors (Lipinski definition) is 1. The third-order valence-electron chi connectivity index (χ3n) is 5.18. The Kier molecular flexibility index (Phi) is 10.3. The van der Waals surface area contributed by atoms with Crippen molar-refractivity contribution in [1.29, 1.82) is 0 Å². The van der Waals surface area contributed by atoms with Crippen LogP contribution >= 0.6 is 24.0 Å². The molecule has 1 aromatic heterocycles. The third kappa shape index (κ3) is 7.04. The number of hydrogen-bond acceptors (Lipinski definition) is 5. The third-order valence-corrected chi connectivity index (χ3v) is 5.18. The lowest BCUT2D eigenvalue weighted by Gasteiger charge is -2.37. The van der Waals surface area contributed by atoms with Crippen molar-refractivity contribution in [3.8, 4) is 0 Å².